The summed E-state index contributed by atoms with van der Waals surface area (Å²) >= 11 is 0. The van der Waals surface area contributed by atoms with E-state index in [9.17, 15) is 0 Å². The summed E-state index contributed by atoms with van der Waals surface area (Å²) in [7, 11) is 0. The van der Waals surface area contributed by atoms with E-state index >= 15 is 0 Å². The van der Waals surface area contributed by atoms with Crippen LogP contribution in [0.5, 0.6) is 0 Å². The first kappa shape index (κ1) is 27.7. The Kier molecular flexibility index (Phi) is 7.28. The minimum absolute atomic E-state index is 0.809. The first-order chi connectivity index (χ1) is 21.7. The second kappa shape index (κ2) is 11.5. The van der Waals surface area contributed by atoms with Crippen LogP contribution in [0.25, 0.3) is 55.0 Å². The number of hydrogen-bond donors (Lipinski definition) is 0. The van der Waals surface area contributed by atoms with Gasteiger partial charge in [0.2, 0.25) is 0 Å². The molecule has 2 heterocycles. The van der Waals surface area contributed by atoms with Crippen LogP contribution < -0.4 is 0 Å². The fourth-order valence-electron chi connectivity index (χ4n) is 6.78. The van der Waals surface area contributed by atoms with Crippen LogP contribution in [-0.2, 0) is 0 Å². The van der Waals surface area contributed by atoms with Gasteiger partial charge in [0.25, 0.3) is 0 Å². The van der Waals surface area contributed by atoms with Crippen molar-refractivity contribution in [3.8, 4) is 0 Å². The van der Waals surface area contributed by atoms with Crippen molar-refractivity contribution in [2.45, 2.75) is 40.5 Å². The zero-order valence-electron chi connectivity index (χ0n) is 26.0. The van der Waals surface area contributed by atoms with E-state index < -0.39 is 0 Å². The zero-order chi connectivity index (χ0) is 30.2. The Hall–Kier alpha value is -5.08. The van der Waals surface area contributed by atoms with Crippen molar-refractivity contribution in [2.24, 2.45) is 0 Å². The molecular formula is C42H38N2. The Morgan fingerprint density at radius 2 is 0.909 bits per heavy atom. The van der Waals surface area contributed by atoms with Crippen LogP contribution in [0.4, 0.5) is 0 Å². The number of allylic oxidation sites excluding steroid dienone is 12. The summed E-state index contributed by atoms with van der Waals surface area (Å²) in [5.41, 5.74) is 12.6. The summed E-state index contributed by atoms with van der Waals surface area (Å²) in [6.45, 7) is 8.45. The summed E-state index contributed by atoms with van der Waals surface area (Å²) in [4.78, 5) is 0. The molecule has 2 nitrogen and oxygen atoms in total. The van der Waals surface area contributed by atoms with Gasteiger partial charge in [0, 0.05) is 39.4 Å². The first-order valence-corrected chi connectivity index (χ1v) is 15.8. The highest BCUT2D eigenvalue weighted by Crippen LogP contribution is 2.38. The van der Waals surface area contributed by atoms with Gasteiger partial charge in [-0.25, -0.2) is 0 Å². The molecule has 216 valence electrons. The van der Waals surface area contributed by atoms with E-state index in [2.05, 4.69) is 156 Å². The molecular weight excluding hydrogens is 532 g/mol. The number of aromatic nitrogens is 2. The van der Waals surface area contributed by atoms with Gasteiger partial charge < -0.3 is 9.13 Å². The summed E-state index contributed by atoms with van der Waals surface area (Å²) in [5, 5.41) is 5.15. The molecule has 0 saturated heterocycles. The van der Waals surface area contributed by atoms with E-state index in [1.807, 2.05) is 13.8 Å². The molecule has 0 spiro atoms. The van der Waals surface area contributed by atoms with Crippen molar-refractivity contribution < 1.29 is 0 Å². The van der Waals surface area contributed by atoms with Gasteiger partial charge in [0.15, 0.2) is 0 Å². The smallest absolute Gasteiger partial charge is 0.0540 e. The largest absolute Gasteiger partial charge is 0.313 e. The SMILES string of the molecule is CC.CC1=CCC(C)=CC(C2=CC(n3c4ccccc4c4ccccc43)=CCC(n3c4ccccc4c4ccccc43)=C2)=C1. The van der Waals surface area contributed by atoms with Crippen molar-refractivity contribution in [2.75, 3.05) is 0 Å². The van der Waals surface area contributed by atoms with Crippen LogP contribution in [0.15, 0.2) is 156 Å². The Bertz CT molecular complexity index is 2140. The lowest BCUT2D eigenvalue weighted by Gasteiger charge is -2.12. The molecule has 0 N–H and O–H groups in total. The van der Waals surface area contributed by atoms with E-state index in [0.717, 1.165) is 12.8 Å². The van der Waals surface area contributed by atoms with Gasteiger partial charge in [0.05, 0.1) is 22.1 Å². The summed E-state index contributed by atoms with van der Waals surface area (Å²) in [6, 6.07) is 35.2. The van der Waals surface area contributed by atoms with Crippen molar-refractivity contribution in [3.05, 3.63) is 156 Å². The minimum Gasteiger partial charge on any atom is -0.313 e. The molecule has 0 unspecified atom stereocenters. The maximum absolute atomic E-state index is 2.47. The van der Waals surface area contributed by atoms with Crippen LogP contribution in [0.2, 0.25) is 0 Å². The summed E-state index contributed by atoms with van der Waals surface area (Å²) < 4.78 is 4.92. The lowest BCUT2D eigenvalue weighted by molar-refractivity contribution is 1.13. The lowest BCUT2D eigenvalue weighted by atomic mass is 10.0. The molecule has 2 heteroatoms. The summed E-state index contributed by atoms with van der Waals surface area (Å²) in [5.74, 6) is 0. The molecule has 4 aromatic carbocycles. The number of para-hydroxylation sites is 4. The summed E-state index contributed by atoms with van der Waals surface area (Å²) in [6.07, 6.45) is 16.1. The average Bonchev–Trinajstić information content (AvgIpc) is 3.40. The number of hydrogen-bond acceptors (Lipinski definition) is 0. The van der Waals surface area contributed by atoms with Crippen LogP contribution >= 0.6 is 0 Å². The van der Waals surface area contributed by atoms with E-state index in [0.29, 0.717) is 0 Å². The van der Waals surface area contributed by atoms with Gasteiger partial charge in [-0.15, -0.1) is 0 Å². The molecule has 6 aromatic rings. The predicted molar refractivity (Wildman–Crippen MR) is 192 cm³/mol. The molecule has 0 saturated carbocycles. The standard InChI is InChI=1S/C40H32N2.C2H6/c1-27-19-20-28(2)24-29(23-27)30-25-31(41-37-15-7-3-11-33(37)34-12-4-8-16-38(34)41)21-22-32(26-30)42-39-17-9-5-13-35(39)36-14-6-10-18-40(36)42;1-2/h3-19,21,23-26H,20,22H2,1-2H3;1-2H3. The van der Waals surface area contributed by atoms with Gasteiger partial charge >= 0.3 is 0 Å². The van der Waals surface area contributed by atoms with Gasteiger partial charge in [-0.3, -0.25) is 0 Å². The maximum atomic E-state index is 2.47. The Balaban J connectivity index is 0.00000153. The number of rotatable bonds is 3. The van der Waals surface area contributed by atoms with E-state index in [4.69, 9.17) is 0 Å². The first-order valence-electron chi connectivity index (χ1n) is 15.8. The molecule has 8 rings (SSSR count). The van der Waals surface area contributed by atoms with Crippen molar-refractivity contribution in [3.63, 3.8) is 0 Å². The topological polar surface area (TPSA) is 9.86 Å². The molecule has 0 bridgehead atoms. The highest BCUT2D eigenvalue weighted by Gasteiger charge is 2.19. The number of fused-ring (bicyclic) bond motifs is 6. The Morgan fingerprint density at radius 3 is 1.43 bits per heavy atom. The quantitative estimate of drug-likeness (QED) is 0.200. The molecule has 0 amide bonds. The third-order valence-electron chi connectivity index (χ3n) is 8.72. The van der Waals surface area contributed by atoms with Crippen molar-refractivity contribution >= 4 is 55.0 Å². The second-order valence-electron chi connectivity index (χ2n) is 11.6. The van der Waals surface area contributed by atoms with E-state index in [-0.39, 0.29) is 0 Å². The van der Waals surface area contributed by atoms with Crippen LogP contribution in [0.3, 0.4) is 0 Å². The molecule has 2 aromatic heterocycles. The predicted octanol–water partition coefficient (Wildman–Crippen LogP) is 11.9. The molecule has 0 radical (unpaired) electrons. The molecule has 0 atom stereocenters. The Labute approximate surface area is 259 Å². The van der Waals surface area contributed by atoms with Gasteiger partial charge in [0.1, 0.15) is 0 Å². The van der Waals surface area contributed by atoms with Gasteiger partial charge in [-0.2, -0.15) is 0 Å². The van der Waals surface area contributed by atoms with Crippen molar-refractivity contribution in [1.29, 1.82) is 0 Å². The third kappa shape index (κ3) is 4.68. The van der Waals surface area contributed by atoms with E-state index in [1.54, 1.807) is 0 Å². The zero-order valence-corrected chi connectivity index (χ0v) is 26.0. The normalized spacial score (nSPS) is 15.5. The fraction of sp³-hybridized carbons (Fsp3) is 0.143. The average molecular weight is 571 g/mol. The molecule has 2 aliphatic carbocycles. The highest BCUT2D eigenvalue weighted by molar-refractivity contribution is 6.11. The Morgan fingerprint density at radius 1 is 0.455 bits per heavy atom. The van der Waals surface area contributed by atoms with Crippen LogP contribution in [0.1, 0.15) is 40.5 Å². The minimum atomic E-state index is 0.809. The molecule has 0 fully saturated rings. The second-order valence-corrected chi connectivity index (χ2v) is 11.6. The molecule has 44 heavy (non-hydrogen) atoms. The van der Waals surface area contributed by atoms with E-state index in [1.165, 1.54) is 77.3 Å². The van der Waals surface area contributed by atoms with Gasteiger partial charge in [-0.05, 0) is 67.8 Å². The number of nitrogens with zero attached hydrogens (tertiary/aromatic N) is 2. The van der Waals surface area contributed by atoms with Crippen molar-refractivity contribution in [1.82, 2.24) is 9.13 Å². The molecule has 2 aliphatic rings. The van der Waals surface area contributed by atoms with Gasteiger partial charge in [-0.1, -0.05) is 122 Å². The molecule has 0 aliphatic heterocycles. The number of benzene rings is 4. The lowest BCUT2D eigenvalue weighted by Crippen LogP contribution is -1.97. The fourth-order valence-corrected chi connectivity index (χ4v) is 6.78. The maximum Gasteiger partial charge on any atom is 0.0540 e. The third-order valence-corrected chi connectivity index (χ3v) is 8.72. The highest BCUT2D eigenvalue weighted by atomic mass is 15.0. The van der Waals surface area contributed by atoms with Crippen LogP contribution in [0, 0.1) is 0 Å². The van der Waals surface area contributed by atoms with Crippen LogP contribution in [-0.4, -0.2) is 9.13 Å². The monoisotopic (exact) mass is 570 g/mol.